The van der Waals surface area contributed by atoms with Crippen molar-refractivity contribution in [2.75, 3.05) is 6.54 Å². The molecule has 0 spiro atoms. The molecule has 88 valence electrons. The fourth-order valence-corrected chi connectivity index (χ4v) is 1.17. The molecule has 16 heavy (non-hydrogen) atoms. The molecule has 0 amide bonds. The van der Waals surface area contributed by atoms with Crippen LogP contribution in [-0.2, 0) is 22.7 Å². The Morgan fingerprint density at radius 1 is 1.25 bits per heavy atom. The standard InChI is InChI=1S/C8H12NO.C5H5.Fe/c1-8(10,6-9)7-4-2-3-5-7;1-2-4-5-3-1;/h2-5,10H,6,9H2,1H3;1-5H;/q2*-1;+2. The first kappa shape index (κ1) is 15.1. The summed E-state index contributed by atoms with van der Waals surface area (Å²) >= 11 is 0. The summed E-state index contributed by atoms with van der Waals surface area (Å²) in [5.41, 5.74) is 5.37. The van der Waals surface area contributed by atoms with Crippen LogP contribution >= 0.6 is 0 Å². The second-order valence-electron chi connectivity index (χ2n) is 3.61. The van der Waals surface area contributed by atoms with Crippen molar-refractivity contribution in [2.45, 2.75) is 12.5 Å². The summed E-state index contributed by atoms with van der Waals surface area (Å²) in [6.07, 6.45) is 0. The monoisotopic (exact) mass is 259 g/mol. The van der Waals surface area contributed by atoms with E-state index < -0.39 is 5.60 Å². The molecule has 2 aromatic rings. The summed E-state index contributed by atoms with van der Waals surface area (Å²) in [5, 5.41) is 9.56. The molecule has 1 atom stereocenters. The summed E-state index contributed by atoms with van der Waals surface area (Å²) in [5.74, 6) is 0. The number of hydrogen-bond donors (Lipinski definition) is 2. The van der Waals surface area contributed by atoms with Crippen molar-refractivity contribution in [3.63, 3.8) is 0 Å². The molecule has 1 unspecified atom stereocenters. The van der Waals surface area contributed by atoms with Gasteiger partial charge in [0.1, 0.15) is 0 Å². The van der Waals surface area contributed by atoms with Gasteiger partial charge in [0, 0.05) is 6.54 Å². The fourth-order valence-electron chi connectivity index (χ4n) is 1.17. The summed E-state index contributed by atoms with van der Waals surface area (Å²) in [6, 6.07) is 17.5. The van der Waals surface area contributed by atoms with E-state index in [-0.39, 0.29) is 23.6 Å². The van der Waals surface area contributed by atoms with Crippen LogP contribution in [0.1, 0.15) is 12.5 Å². The van der Waals surface area contributed by atoms with Crippen molar-refractivity contribution in [2.24, 2.45) is 5.73 Å². The van der Waals surface area contributed by atoms with E-state index in [2.05, 4.69) is 0 Å². The van der Waals surface area contributed by atoms with Crippen LogP contribution in [0.2, 0.25) is 0 Å². The summed E-state index contributed by atoms with van der Waals surface area (Å²) in [6.45, 7) is 1.97. The van der Waals surface area contributed by atoms with Gasteiger partial charge in [-0.05, 0) is 6.92 Å². The molecule has 0 saturated heterocycles. The molecular weight excluding hydrogens is 242 g/mol. The minimum absolute atomic E-state index is 0. The minimum atomic E-state index is -0.858. The first-order valence-electron chi connectivity index (χ1n) is 4.98. The van der Waals surface area contributed by atoms with Crippen LogP contribution in [0.5, 0.6) is 0 Å². The number of nitrogens with two attached hydrogens (primary N) is 1. The van der Waals surface area contributed by atoms with Crippen LogP contribution in [0.3, 0.4) is 0 Å². The Bertz CT molecular complexity index is 321. The van der Waals surface area contributed by atoms with Gasteiger partial charge >= 0.3 is 17.1 Å². The zero-order chi connectivity index (χ0) is 11.1. The van der Waals surface area contributed by atoms with E-state index in [1.807, 2.05) is 54.6 Å². The van der Waals surface area contributed by atoms with Gasteiger partial charge in [0.05, 0.1) is 5.60 Å². The van der Waals surface area contributed by atoms with Gasteiger partial charge in [-0.25, -0.2) is 24.3 Å². The molecule has 0 aliphatic carbocycles. The molecule has 0 fully saturated rings. The SMILES string of the molecule is CC(O)(CN)c1ccc[cH-]1.[Fe+2].c1cc[cH-]c1. The molecule has 3 N–H and O–H groups in total. The molecule has 0 bridgehead atoms. The predicted molar refractivity (Wildman–Crippen MR) is 62.7 cm³/mol. The topological polar surface area (TPSA) is 46.2 Å². The van der Waals surface area contributed by atoms with Gasteiger partial charge in [-0.1, -0.05) is 0 Å². The molecule has 0 saturated carbocycles. The molecular formula is C13H17FeNO. The van der Waals surface area contributed by atoms with Gasteiger partial charge < -0.3 is 10.8 Å². The Kier molecular flexibility index (Phi) is 7.02. The second kappa shape index (κ2) is 7.42. The van der Waals surface area contributed by atoms with Gasteiger partial charge in [-0.2, -0.15) is 30.3 Å². The van der Waals surface area contributed by atoms with E-state index in [9.17, 15) is 5.11 Å². The maximum atomic E-state index is 9.56. The van der Waals surface area contributed by atoms with E-state index in [0.717, 1.165) is 5.56 Å². The van der Waals surface area contributed by atoms with Crippen LogP contribution < -0.4 is 5.73 Å². The third-order valence-electron chi connectivity index (χ3n) is 2.24. The van der Waals surface area contributed by atoms with Crippen molar-refractivity contribution in [1.29, 1.82) is 0 Å². The first-order chi connectivity index (χ1) is 7.17. The van der Waals surface area contributed by atoms with E-state index in [4.69, 9.17) is 5.73 Å². The average molecular weight is 259 g/mol. The maximum Gasteiger partial charge on any atom is 2.00 e. The second-order valence-corrected chi connectivity index (χ2v) is 3.61. The number of hydrogen-bond acceptors (Lipinski definition) is 2. The Morgan fingerprint density at radius 2 is 1.88 bits per heavy atom. The summed E-state index contributed by atoms with van der Waals surface area (Å²) < 4.78 is 0. The van der Waals surface area contributed by atoms with Crippen molar-refractivity contribution < 1.29 is 22.2 Å². The first-order valence-corrected chi connectivity index (χ1v) is 4.98. The molecule has 0 heterocycles. The molecule has 2 aromatic carbocycles. The predicted octanol–water partition coefficient (Wildman–Crippen LogP) is 1.97. The van der Waals surface area contributed by atoms with Gasteiger partial charge in [0.25, 0.3) is 0 Å². The Balaban J connectivity index is 0.000000318. The van der Waals surface area contributed by atoms with Crippen LogP contribution in [-0.4, -0.2) is 11.7 Å². The van der Waals surface area contributed by atoms with Gasteiger partial charge in [0.2, 0.25) is 0 Å². The van der Waals surface area contributed by atoms with Gasteiger partial charge in [-0.3, -0.25) is 0 Å². The normalized spacial score (nSPS) is 12.9. The molecule has 0 aromatic heterocycles. The van der Waals surface area contributed by atoms with E-state index >= 15 is 0 Å². The molecule has 0 aliphatic heterocycles. The molecule has 0 aliphatic rings. The Morgan fingerprint density at radius 3 is 2.19 bits per heavy atom. The largest absolute Gasteiger partial charge is 2.00 e. The van der Waals surface area contributed by atoms with Crippen molar-refractivity contribution in [1.82, 2.24) is 0 Å². The minimum Gasteiger partial charge on any atom is -0.386 e. The fraction of sp³-hybridized carbons (Fsp3) is 0.231. The third kappa shape index (κ3) is 4.77. The maximum absolute atomic E-state index is 9.56. The van der Waals surface area contributed by atoms with Gasteiger partial charge in [0.15, 0.2) is 0 Å². The van der Waals surface area contributed by atoms with E-state index in [1.54, 1.807) is 6.92 Å². The van der Waals surface area contributed by atoms with Crippen molar-refractivity contribution in [3.8, 4) is 0 Å². The van der Waals surface area contributed by atoms with E-state index in [0.29, 0.717) is 0 Å². The number of aliphatic hydroxyl groups is 1. The number of rotatable bonds is 2. The Labute approximate surface area is 107 Å². The quantitative estimate of drug-likeness (QED) is 0.639. The third-order valence-corrected chi connectivity index (χ3v) is 2.24. The van der Waals surface area contributed by atoms with Crippen molar-refractivity contribution >= 4 is 0 Å². The Hall–Kier alpha value is -0.861. The van der Waals surface area contributed by atoms with Crippen LogP contribution in [0.4, 0.5) is 0 Å². The van der Waals surface area contributed by atoms with Crippen LogP contribution in [0.15, 0.2) is 54.6 Å². The van der Waals surface area contributed by atoms with Gasteiger partial charge in [-0.15, -0.1) is 5.56 Å². The zero-order valence-electron chi connectivity index (χ0n) is 9.28. The molecule has 2 nitrogen and oxygen atoms in total. The average Bonchev–Trinajstić information content (AvgIpc) is 2.93. The van der Waals surface area contributed by atoms with Crippen LogP contribution in [0.25, 0.3) is 0 Å². The molecule has 2 rings (SSSR count). The van der Waals surface area contributed by atoms with Crippen molar-refractivity contribution in [3.05, 3.63) is 60.2 Å². The molecule has 3 heteroatoms. The van der Waals surface area contributed by atoms with Crippen LogP contribution in [0, 0.1) is 0 Å². The zero-order valence-corrected chi connectivity index (χ0v) is 10.4. The smallest absolute Gasteiger partial charge is 0.386 e. The summed E-state index contributed by atoms with van der Waals surface area (Å²) in [4.78, 5) is 0. The van der Waals surface area contributed by atoms with E-state index in [1.165, 1.54) is 0 Å². The molecule has 0 radical (unpaired) electrons. The summed E-state index contributed by atoms with van der Waals surface area (Å²) in [7, 11) is 0.